The molecule has 1 rings (SSSR count). The first kappa shape index (κ1) is 17.6. The van der Waals surface area contributed by atoms with Gasteiger partial charge in [-0.1, -0.05) is 12.8 Å². The summed E-state index contributed by atoms with van der Waals surface area (Å²) in [5.74, 6) is 2.17. The Morgan fingerprint density at radius 3 is 2.10 bits per heavy atom. The first-order chi connectivity index (χ1) is 10.3. The van der Waals surface area contributed by atoms with Crippen LogP contribution in [0.25, 0.3) is 0 Å². The highest BCUT2D eigenvalue weighted by atomic mass is 16.5. The number of rotatable bonds is 11. The van der Waals surface area contributed by atoms with Crippen molar-refractivity contribution in [3.8, 4) is 17.2 Å². The van der Waals surface area contributed by atoms with Crippen molar-refractivity contribution in [1.82, 2.24) is 5.32 Å². The third kappa shape index (κ3) is 5.81. The van der Waals surface area contributed by atoms with Gasteiger partial charge >= 0.3 is 0 Å². The van der Waals surface area contributed by atoms with E-state index in [2.05, 4.69) is 5.32 Å². The fourth-order valence-electron chi connectivity index (χ4n) is 2.17. The van der Waals surface area contributed by atoms with Crippen LogP contribution in [0.4, 0.5) is 0 Å². The molecule has 5 nitrogen and oxygen atoms in total. The maximum absolute atomic E-state index is 8.72. The van der Waals surface area contributed by atoms with Gasteiger partial charge in [0.05, 0.1) is 21.3 Å². The number of methoxy groups -OCH3 is 3. The lowest BCUT2D eigenvalue weighted by atomic mass is 10.1. The van der Waals surface area contributed by atoms with Crippen LogP contribution < -0.4 is 19.5 Å². The number of nitrogens with one attached hydrogen (secondary N) is 1. The molecule has 0 bridgehead atoms. The van der Waals surface area contributed by atoms with Crippen molar-refractivity contribution in [2.24, 2.45) is 0 Å². The number of aliphatic hydroxyl groups is 1. The van der Waals surface area contributed by atoms with Gasteiger partial charge in [-0.15, -0.1) is 0 Å². The van der Waals surface area contributed by atoms with Gasteiger partial charge in [-0.05, 0) is 25.5 Å². The Bertz CT molecular complexity index is 410. The lowest BCUT2D eigenvalue weighted by molar-refractivity contribution is 0.282. The molecule has 0 saturated carbocycles. The second-order valence-corrected chi connectivity index (χ2v) is 4.83. The molecule has 0 heterocycles. The molecule has 21 heavy (non-hydrogen) atoms. The highest BCUT2D eigenvalue weighted by molar-refractivity contribution is 5.50. The van der Waals surface area contributed by atoms with Crippen molar-refractivity contribution in [3.05, 3.63) is 17.7 Å². The van der Waals surface area contributed by atoms with Gasteiger partial charge in [0.2, 0.25) is 0 Å². The van der Waals surface area contributed by atoms with E-state index in [4.69, 9.17) is 19.3 Å². The van der Waals surface area contributed by atoms with Gasteiger partial charge in [-0.3, -0.25) is 0 Å². The van der Waals surface area contributed by atoms with E-state index in [0.29, 0.717) is 11.5 Å². The van der Waals surface area contributed by atoms with Crippen LogP contribution in [0.5, 0.6) is 17.2 Å². The average molecular weight is 297 g/mol. The van der Waals surface area contributed by atoms with Crippen LogP contribution >= 0.6 is 0 Å². The van der Waals surface area contributed by atoms with Gasteiger partial charge in [-0.25, -0.2) is 0 Å². The Hall–Kier alpha value is -1.46. The zero-order valence-electron chi connectivity index (χ0n) is 13.3. The topological polar surface area (TPSA) is 60.0 Å². The predicted molar refractivity (Wildman–Crippen MR) is 83.4 cm³/mol. The molecule has 0 spiro atoms. The standard InChI is InChI=1S/C16H27NO4/c1-19-14-11-16(21-3)15(20-2)10-13(14)12-17-8-6-4-5-7-9-18/h10-11,17-18H,4-9,12H2,1-3H3. The Morgan fingerprint density at radius 2 is 1.48 bits per heavy atom. The third-order valence-electron chi connectivity index (χ3n) is 3.36. The maximum Gasteiger partial charge on any atom is 0.164 e. The molecule has 1 aromatic carbocycles. The number of hydrogen-bond acceptors (Lipinski definition) is 5. The minimum Gasteiger partial charge on any atom is -0.496 e. The van der Waals surface area contributed by atoms with Crippen LogP contribution in [0.3, 0.4) is 0 Å². The van der Waals surface area contributed by atoms with Crippen LogP contribution in [0.2, 0.25) is 0 Å². The normalized spacial score (nSPS) is 10.5. The van der Waals surface area contributed by atoms with Crippen molar-refractivity contribution in [2.75, 3.05) is 34.5 Å². The fourth-order valence-corrected chi connectivity index (χ4v) is 2.17. The highest BCUT2D eigenvalue weighted by Gasteiger charge is 2.11. The lowest BCUT2D eigenvalue weighted by Gasteiger charge is -2.14. The zero-order chi connectivity index (χ0) is 15.5. The molecule has 0 radical (unpaired) electrons. The summed E-state index contributed by atoms with van der Waals surface area (Å²) in [7, 11) is 4.89. The summed E-state index contributed by atoms with van der Waals surface area (Å²) < 4.78 is 16.0. The van der Waals surface area contributed by atoms with Gasteiger partial charge < -0.3 is 24.6 Å². The number of hydrogen-bond donors (Lipinski definition) is 2. The number of ether oxygens (including phenoxy) is 3. The fraction of sp³-hybridized carbons (Fsp3) is 0.625. The average Bonchev–Trinajstić information content (AvgIpc) is 2.53. The van der Waals surface area contributed by atoms with Gasteiger partial charge in [0.15, 0.2) is 11.5 Å². The molecular weight excluding hydrogens is 270 g/mol. The van der Waals surface area contributed by atoms with Gasteiger partial charge in [0.25, 0.3) is 0 Å². The van der Waals surface area contributed by atoms with Crippen molar-refractivity contribution < 1.29 is 19.3 Å². The maximum atomic E-state index is 8.72. The van der Waals surface area contributed by atoms with Crippen LogP contribution in [-0.2, 0) is 6.54 Å². The molecule has 0 fully saturated rings. The number of aliphatic hydroxyl groups excluding tert-OH is 1. The van der Waals surface area contributed by atoms with Crippen LogP contribution in [0, 0.1) is 0 Å². The second-order valence-electron chi connectivity index (χ2n) is 4.83. The molecule has 0 aliphatic carbocycles. The molecule has 0 saturated heterocycles. The summed E-state index contributed by atoms with van der Waals surface area (Å²) in [5, 5.41) is 12.1. The van der Waals surface area contributed by atoms with Crippen LogP contribution in [0.15, 0.2) is 12.1 Å². The minimum absolute atomic E-state index is 0.288. The molecular formula is C16H27NO4. The monoisotopic (exact) mass is 297 g/mol. The van der Waals surface area contributed by atoms with Gasteiger partial charge in [0, 0.05) is 24.8 Å². The summed E-state index contributed by atoms with van der Waals surface area (Å²) in [6.45, 7) is 1.96. The molecule has 0 aromatic heterocycles. The molecule has 0 aliphatic heterocycles. The van der Waals surface area contributed by atoms with E-state index in [0.717, 1.165) is 50.1 Å². The van der Waals surface area contributed by atoms with Crippen LogP contribution in [-0.4, -0.2) is 39.6 Å². The highest BCUT2D eigenvalue weighted by Crippen LogP contribution is 2.34. The van der Waals surface area contributed by atoms with Gasteiger partial charge in [0.1, 0.15) is 5.75 Å². The lowest BCUT2D eigenvalue weighted by Crippen LogP contribution is -2.15. The van der Waals surface area contributed by atoms with Crippen molar-refractivity contribution in [3.63, 3.8) is 0 Å². The molecule has 120 valence electrons. The quantitative estimate of drug-likeness (QED) is 0.614. The van der Waals surface area contributed by atoms with E-state index in [-0.39, 0.29) is 6.61 Å². The van der Waals surface area contributed by atoms with E-state index in [1.165, 1.54) is 0 Å². The number of unbranched alkanes of at least 4 members (excludes halogenated alkanes) is 3. The summed E-state index contributed by atoms with van der Waals surface area (Å²) in [6, 6.07) is 3.79. The van der Waals surface area contributed by atoms with Crippen molar-refractivity contribution >= 4 is 0 Å². The Labute approximate surface area is 127 Å². The molecule has 2 N–H and O–H groups in total. The van der Waals surface area contributed by atoms with E-state index in [1.54, 1.807) is 21.3 Å². The summed E-state index contributed by atoms with van der Waals surface area (Å²) in [4.78, 5) is 0. The van der Waals surface area contributed by atoms with E-state index < -0.39 is 0 Å². The van der Waals surface area contributed by atoms with Crippen LogP contribution in [0.1, 0.15) is 31.2 Å². The smallest absolute Gasteiger partial charge is 0.164 e. The van der Waals surface area contributed by atoms with E-state index in [1.807, 2.05) is 12.1 Å². The second kappa shape index (κ2) is 10.3. The van der Waals surface area contributed by atoms with E-state index >= 15 is 0 Å². The Kier molecular flexibility index (Phi) is 8.62. The first-order valence-electron chi connectivity index (χ1n) is 7.37. The van der Waals surface area contributed by atoms with Crippen molar-refractivity contribution in [2.45, 2.75) is 32.2 Å². The predicted octanol–water partition coefficient (Wildman–Crippen LogP) is 2.35. The molecule has 0 aliphatic rings. The molecule has 0 amide bonds. The first-order valence-corrected chi connectivity index (χ1v) is 7.37. The molecule has 5 heteroatoms. The van der Waals surface area contributed by atoms with Crippen molar-refractivity contribution in [1.29, 1.82) is 0 Å². The molecule has 0 atom stereocenters. The summed E-state index contributed by atoms with van der Waals surface area (Å²) in [6.07, 6.45) is 4.22. The summed E-state index contributed by atoms with van der Waals surface area (Å²) >= 11 is 0. The Balaban J connectivity index is 2.49. The minimum atomic E-state index is 0.288. The largest absolute Gasteiger partial charge is 0.496 e. The van der Waals surface area contributed by atoms with E-state index in [9.17, 15) is 0 Å². The Morgan fingerprint density at radius 1 is 0.857 bits per heavy atom. The molecule has 1 aromatic rings. The van der Waals surface area contributed by atoms with Gasteiger partial charge in [-0.2, -0.15) is 0 Å². The molecule has 0 unspecified atom stereocenters. The number of benzene rings is 1. The summed E-state index contributed by atoms with van der Waals surface area (Å²) in [5.41, 5.74) is 1.05. The zero-order valence-corrected chi connectivity index (χ0v) is 13.3. The SMILES string of the molecule is COc1cc(OC)c(OC)cc1CNCCCCCCO. The third-order valence-corrected chi connectivity index (χ3v) is 3.36.